The number of benzene rings is 1. The maximum absolute atomic E-state index is 14.3. The lowest BCUT2D eigenvalue weighted by Gasteiger charge is -2.27. The highest BCUT2D eigenvalue weighted by molar-refractivity contribution is 5.37. The van der Waals surface area contributed by atoms with Crippen LogP contribution in [0.3, 0.4) is 0 Å². The average molecular weight is 331 g/mol. The largest absolute Gasteiger partial charge is 0.383 e. The van der Waals surface area contributed by atoms with Gasteiger partial charge in [-0.3, -0.25) is 4.57 Å². The molecule has 0 aliphatic heterocycles. The lowest BCUT2D eigenvalue weighted by atomic mass is 9.92. The van der Waals surface area contributed by atoms with E-state index in [9.17, 15) is 9.18 Å². The molecule has 7 heteroatoms. The summed E-state index contributed by atoms with van der Waals surface area (Å²) in [7, 11) is 0. The molecule has 5 N–H and O–H groups in total. The Morgan fingerprint density at radius 2 is 2.00 bits per heavy atom. The fourth-order valence-corrected chi connectivity index (χ4v) is 3.02. The third-order valence-corrected chi connectivity index (χ3v) is 4.49. The maximum atomic E-state index is 14.3. The fraction of sp³-hybridized carbons (Fsp3) is 0.412. The molecule has 6 nitrogen and oxygen atoms in total. The summed E-state index contributed by atoms with van der Waals surface area (Å²) >= 11 is 0. The summed E-state index contributed by atoms with van der Waals surface area (Å²) in [5.74, 6) is -0.207. The number of nitrogen functional groups attached to an aromatic ring is 1. The zero-order chi connectivity index (χ0) is 17.1. The first-order chi connectivity index (χ1) is 11.5. The number of nitrogens with zero attached hydrogens (tertiary/aromatic N) is 2. The van der Waals surface area contributed by atoms with Crippen molar-refractivity contribution in [1.29, 1.82) is 0 Å². The Bertz CT molecular complexity index is 768. The molecule has 1 aliphatic rings. The van der Waals surface area contributed by atoms with E-state index in [2.05, 4.69) is 10.3 Å². The fourth-order valence-electron chi connectivity index (χ4n) is 3.02. The Morgan fingerprint density at radius 1 is 1.25 bits per heavy atom. The van der Waals surface area contributed by atoms with E-state index in [0.29, 0.717) is 29.9 Å². The third-order valence-electron chi connectivity index (χ3n) is 4.49. The SMILES string of the molecule is Nc1ccn(-c2ccc(CNC3CCC(N)CC3)c(F)c2)c(=O)n1. The zero-order valence-corrected chi connectivity index (χ0v) is 13.4. The van der Waals surface area contributed by atoms with E-state index in [1.54, 1.807) is 12.1 Å². The Hall–Kier alpha value is -2.25. The van der Waals surface area contributed by atoms with Crippen molar-refractivity contribution in [2.75, 3.05) is 5.73 Å². The number of hydrogen-bond acceptors (Lipinski definition) is 5. The first kappa shape index (κ1) is 16.6. The lowest BCUT2D eigenvalue weighted by Crippen LogP contribution is -2.37. The Balaban J connectivity index is 1.69. The van der Waals surface area contributed by atoms with E-state index in [-0.39, 0.29) is 11.6 Å². The smallest absolute Gasteiger partial charge is 0.354 e. The number of hydrogen-bond donors (Lipinski definition) is 3. The molecule has 0 bridgehead atoms. The van der Waals surface area contributed by atoms with Gasteiger partial charge in [-0.1, -0.05) is 6.07 Å². The van der Waals surface area contributed by atoms with Gasteiger partial charge in [-0.25, -0.2) is 9.18 Å². The monoisotopic (exact) mass is 331 g/mol. The topological polar surface area (TPSA) is 99.0 Å². The van der Waals surface area contributed by atoms with E-state index in [4.69, 9.17) is 11.5 Å². The van der Waals surface area contributed by atoms with Crippen LogP contribution in [-0.2, 0) is 6.54 Å². The van der Waals surface area contributed by atoms with Gasteiger partial charge in [-0.15, -0.1) is 0 Å². The van der Waals surface area contributed by atoms with E-state index in [0.717, 1.165) is 25.7 Å². The first-order valence-electron chi connectivity index (χ1n) is 8.16. The van der Waals surface area contributed by atoms with Crippen LogP contribution in [0.5, 0.6) is 0 Å². The van der Waals surface area contributed by atoms with Crippen LogP contribution in [-0.4, -0.2) is 21.6 Å². The molecule has 1 aromatic carbocycles. The van der Waals surface area contributed by atoms with Crippen molar-refractivity contribution < 1.29 is 4.39 Å². The number of rotatable bonds is 4. The Labute approximate surface area is 139 Å². The van der Waals surface area contributed by atoms with Gasteiger partial charge in [-0.05, 0) is 43.9 Å². The van der Waals surface area contributed by atoms with Crippen molar-refractivity contribution in [3.05, 3.63) is 52.3 Å². The van der Waals surface area contributed by atoms with Gasteiger partial charge in [0.15, 0.2) is 0 Å². The number of anilines is 1. The molecule has 1 heterocycles. The van der Waals surface area contributed by atoms with Gasteiger partial charge in [0.2, 0.25) is 0 Å². The molecule has 128 valence electrons. The van der Waals surface area contributed by atoms with Crippen LogP contribution in [0.25, 0.3) is 5.69 Å². The van der Waals surface area contributed by atoms with Crippen LogP contribution < -0.4 is 22.5 Å². The van der Waals surface area contributed by atoms with E-state index < -0.39 is 5.69 Å². The van der Waals surface area contributed by atoms with Gasteiger partial charge < -0.3 is 16.8 Å². The zero-order valence-electron chi connectivity index (χ0n) is 13.4. The minimum Gasteiger partial charge on any atom is -0.383 e. The third kappa shape index (κ3) is 3.80. The summed E-state index contributed by atoms with van der Waals surface area (Å²) in [6.07, 6.45) is 5.54. The molecule has 0 amide bonds. The lowest BCUT2D eigenvalue weighted by molar-refractivity contribution is 0.340. The molecular weight excluding hydrogens is 309 g/mol. The van der Waals surface area contributed by atoms with Crippen molar-refractivity contribution in [3.63, 3.8) is 0 Å². The normalized spacial score (nSPS) is 20.9. The summed E-state index contributed by atoms with van der Waals surface area (Å²) in [6, 6.07) is 6.92. The van der Waals surface area contributed by atoms with E-state index in [1.165, 1.54) is 22.9 Å². The molecule has 3 rings (SSSR count). The summed E-state index contributed by atoms with van der Waals surface area (Å²) < 4.78 is 15.6. The second kappa shape index (κ2) is 7.11. The number of nitrogens with one attached hydrogen (secondary N) is 1. The van der Waals surface area contributed by atoms with Crippen molar-refractivity contribution in [2.45, 2.75) is 44.3 Å². The van der Waals surface area contributed by atoms with Crippen molar-refractivity contribution in [3.8, 4) is 5.69 Å². The molecule has 1 fully saturated rings. The number of aromatic nitrogens is 2. The van der Waals surface area contributed by atoms with Gasteiger partial charge in [0.05, 0.1) is 5.69 Å². The van der Waals surface area contributed by atoms with Gasteiger partial charge in [0.25, 0.3) is 0 Å². The van der Waals surface area contributed by atoms with Crippen LogP contribution in [0, 0.1) is 5.82 Å². The minimum atomic E-state index is -0.529. The molecule has 1 aromatic heterocycles. The molecule has 0 saturated heterocycles. The van der Waals surface area contributed by atoms with Crippen LogP contribution >= 0.6 is 0 Å². The highest BCUT2D eigenvalue weighted by Crippen LogP contribution is 2.18. The maximum Gasteiger partial charge on any atom is 0.354 e. The summed E-state index contributed by atoms with van der Waals surface area (Å²) in [5.41, 5.74) is 11.8. The van der Waals surface area contributed by atoms with E-state index >= 15 is 0 Å². The molecule has 0 atom stereocenters. The van der Waals surface area contributed by atoms with Crippen LogP contribution in [0.15, 0.2) is 35.3 Å². The van der Waals surface area contributed by atoms with Gasteiger partial charge in [0, 0.05) is 30.4 Å². The van der Waals surface area contributed by atoms with Gasteiger partial charge in [-0.2, -0.15) is 4.98 Å². The standard InChI is InChI=1S/C17H22FN5O/c18-15-9-14(23-8-7-16(20)22-17(23)24)6-1-11(15)10-21-13-4-2-12(19)3-5-13/h1,6-9,12-13,21H,2-5,10,19H2,(H2,20,22,24). The van der Waals surface area contributed by atoms with Crippen LogP contribution in [0.2, 0.25) is 0 Å². The highest BCUT2D eigenvalue weighted by atomic mass is 19.1. The Kier molecular flexibility index (Phi) is 4.92. The molecule has 0 spiro atoms. The first-order valence-corrected chi connectivity index (χ1v) is 8.16. The minimum absolute atomic E-state index is 0.143. The van der Waals surface area contributed by atoms with Crippen LogP contribution in [0.4, 0.5) is 10.2 Å². The highest BCUT2D eigenvalue weighted by Gasteiger charge is 2.18. The quantitative estimate of drug-likeness (QED) is 0.784. The molecular formula is C17H22FN5O. The average Bonchev–Trinajstić information content (AvgIpc) is 2.55. The molecule has 2 aromatic rings. The molecule has 0 unspecified atom stereocenters. The summed E-state index contributed by atoms with van der Waals surface area (Å²) in [5, 5.41) is 3.38. The summed E-state index contributed by atoms with van der Waals surface area (Å²) in [6.45, 7) is 0.459. The number of halogens is 1. The second-order valence-electron chi connectivity index (χ2n) is 6.27. The molecule has 24 heavy (non-hydrogen) atoms. The van der Waals surface area contributed by atoms with Crippen LogP contribution in [0.1, 0.15) is 31.2 Å². The van der Waals surface area contributed by atoms with Crippen molar-refractivity contribution >= 4 is 5.82 Å². The van der Waals surface area contributed by atoms with Gasteiger partial charge in [0.1, 0.15) is 11.6 Å². The van der Waals surface area contributed by atoms with Gasteiger partial charge >= 0.3 is 5.69 Å². The van der Waals surface area contributed by atoms with Crippen molar-refractivity contribution in [2.24, 2.45) is 5.73 Å². The van der Waals surface area contributed by atoms with Crippen molar-refractivity contribution in [1.82, 2.24) is 14.9 Å². The van der Waals surface area contributed by atoms with E-state index in [1.807, 2.05) is 0 Å². The molecule has 1 aliphatic carbocycles. The predicted molar refractivity (Wildman–Crippen MR) is 91.3 cm³/mol. The predicted octanol–water partition coefficient (Wildman–Crippen LogP) is 1.31. The molecule has 1 saturated carbocycles. The Morgan fingerprint density at radius 3 is 2.67 bits per heavy atom. The number of nitrogens with two attached hydrogens (primary N) is 2. The second-order valence-corrected chi connectivity index (χ2v) is 6.27. The molecule has 0 radical (unpaired) electrons. The summed E-state index contributed by atoms with van der Waals surface area (Å²) in [4.78, 5) is 15.5.